The van der Waals surface area contributed by atoms with Crippen LogP contribution in [0.5, 0.6) is 0 Å². The van der Waals surface area contributed by atoms with Gasteiger partial charge in [0.25, 0.3) is 0 Å². The number of esters is 2. The Morgan fingerprint density at radius 3 is 2.14 bits per heavy atom. The number of allylic oxidation sites excluding steroid dienone is 12. The van der Waals surface area contributed by atoms with Crippen LogP contribution >= 0.6 is 0 Å². The van der Waals surface area contributed by atoms with Crippen molar-refractivity contribution in [3.05, 3.63) is 104 Å². The van der Waals surface area contributed by atoms with Crippen LogP contribution in [0.1, 0.15) is 133 Å². The first kappa shape index (κ1) is 50.0. The molecule has 6 rings (SSSR count). The van der Waals surface area contributed by atoms with Crippen molar-refractivity contribution in [2.24, 2.45) is 55.5 Å². The average molecular weight is 899 g/mol. The number of aliphatic imine (C=N–C) groups is 4. The highest BCUT2D eigenvalue weighted by atomic mass is 16.5. The van der Waals surface area contributed by atoms with E-state index in [1.165, 1.54) is 45.6 Å². The van der Waals surface area contributed by atoms with Gasteiger partial charge in [-0.05, 0) is 105 Å². The molecule has 0 aromatic carbocycles. The third-order valence-corrected chi connectivity index (χ3v) is 14.2. The lowest BCUT2D eigenvalue weighted by atomic mass is 9.82. The van der Waals surface area contributed by atoms with Crippen molar-refractivity contribution in [1.29, 1.82) is 0 Å². The van der Waals surface area contributed by atoms with Gasteiger partial charge in [-0.3, -0.25) is 19.4 Å². The molecule has 1 N–H and O–H groups in total. The third-order valence-electron chi connectivity index (χ3n) is 14.2. The van der Waals surface area contributed by atoms with E-state index < -0.39 is 41.6 Å². The summed E-state index contributed by atoms with van der Waals surface area (Å²) in [5, 5.41) is 11.5. The maximum absolute atomic E-state index is 14.4. The zero-order chi connectivity index (χ0) is 48.0. The van der Waals surface area contributed by atoms with Crippen LogP contribution in [0.25, 0.3) is 0 Å². The Labute approximate surface area is 391 Å². The molecule has 0 radical (unpaired) electrons. The Bertz CT molecular complexity index is 2420. The number of ketones is 1. The molecule has 1 fully saturated rings. The Hall–Kier alpha value is -5.42. The van der Waals surface area contributed by atoms with Crippen LogP contribution in [-0.2, 0) is 28.7 Å². The van der Waals surface area contributed by atoms with Crippen LogP contribution in [-0.4, -0.2) is 71.8 Å². The number of carbonyl (C=O) groups excluding carboxylic acids is 4. The normalized spacial score (nSPS) is 22.8. The Kier molecular flexibility index (Phi) is 16.6. The highest BCUT2D eigenvalue weighted by molar-refractivity contribution is 6.43. The van der Waals surface area contributed by atoms with E-state index in [4.69, 9.17) is 29.4 Å². The minimum atomic E-state index is -1.53. The Balaban J connectivity index is 1.24. The van der Waals surface area contributed by atoms with Gasteiger partial charge in [0.15, 0.2) is 18.2 Å². The van der Waals surface area contributed by atoms with Gasteiger partial charge in [0.05, 0.1) is 47.0 Å². The molecule has 0 unspecified atom stereocenters. The van der Waals surface area contributed by atoms with Gasteiger partial charge in [-0.2, -0.15) is 0 Å². The van der Waals surface area contributed by atoms with Crippen molar-refractivity contribution in [2.75, 3.05) is 13.7 Å². The number of aliphatic hydroxyl groups is 1. The monoisotopic (exact) mass is 899 g/mol. The minimum Gasteiger partial charge on any atom is -0.468 e. The summed E-state index contributed by atoms with van der Waals surface area (Å²) in [4.78, 5) is 74.0. The topological polar surface area (TPSA) is 156 Å². The first-order valence-electron chi connectivity index (χ1n) is 24.1. The molecule has 66 heavy (non-hydrogen) atoms. The molecule has 5 heterocycles. The molecule has 5 aliphatic heterocycles. The summed E-state index contributed by atoms with van der Waals surface area (Å²) in [5.41, 5.74) is 8.88. The third kappa shape index (κ3) is 10.7. The molecule has 11 nitrogen and oxygen atoms in total. The van der Waals surface area contributed by atoms with Crippen LogP contribution in [0, 0.1) is 35.5 Å². The SMILES string of the molecule is C=CC1=C(C)C2=CC3=NC(=C4C5=NC(=CC6=NC(=CC1=N2)C(C=O)=C6CC)C(C)=C5C(=O)[C@@H]4C(=O)OC)[C@@H](C[C@@H](O)C(=O)OCC=C(C)CCC[C@H](C)CCC[C@H](C)CCCC(C)C)[C@@H]3C. The van der Waals surface area contributed by atoms with Crippen LogP contribution in [0.3, 0.4) is 0 Å². The maximum atomic E-state index is 14.4. The van der Waals surface area contributed by atoms with Crippen molar-refractivity contribution in [2.45, 2.75) is 139 Å². The van der Waals surface area contributed by atoms with E-state index in [1.807, 2.05) is 39.8 Å². The number of hydrogen-bond acceptors (Lipinski definition) is 11. The minimum absolute atomic E-state index is 0.0363. The second kappa shape index (κ2) is 21.9. The molecule has 6 atom stereocenters. The van der Waals surface area contributed by atoms with E-state index in [0.717, 1.165) is 59.7 Å². The molecular weight excluding hydrogens is 829 g/mol. The molecule has 352 valence electrons. The summed E-state index contributed by atoms with van der Waals surface area (Å²) >= 11 is 0. The number of aliphatic hydroxyl groups excluding tert-OH is 1. The van der Waals surface area contributed by atoms with Crippen LogP contribution in [0.2, 0.25) is 0 Å². The van der Waals surface area contributed by atoms with Gasteiger partial charge in [-0.1, -0.05) is 105 Å². The molecule has 1 aliphatic carbocycles. The molecular formula is C55H70N4O7. The summed E-state index contributed by atoms with van der Waals surface area (Å²) in [7, 11) is 1.23. The maximum Gasteiger partial charge on any atom is 0.335 e. The average Bonchev–Trinajstić information content (AvgIpc) is 4.03. The fraction of sp³-hybridized carbons (Fsp3) is 0.527. The highest BCUT2D eigenvalue weighted by Gasteiger charge is 2.52. The lowest BCUT2D eigenvalue weighted by Gasteiger charge is -2.22. The molecule has 0 aromatic heterocycles. The molecule has 8 bridgehead atoms. The predicted octanol–water partition coefficient (Wildman–Crippen LogP) is 10.8. The smallest absolute Gasteiger partial charge is 0.335 e. The highest BCUT2D eigenvalue weighted by Crippen LogP contribution is 2.47. The van der Waals surface area contributed by atoms with Crippen molar-refractivity contribution in [3.63, 3.8) is 0 Å². The number of rotatable bonds is 21. The first-order valence-corrected chi connectivity index (χ1v) is 24.1. The number of Topliss-reactive ketones (excluding diaryl/α,β-unsaturated/α-hetero) is 1. The summed E-state index contributed by atoms with van der Waals surface area (Å²) < 4.78 is 10.8. The number of fused-ring (bicyclic) bond motifs is 4. The first-order chi connectivity index (χ1) is 31.5. The van der Waals surface area contributed by atoms with Gasteiger partial charge in [0.2, 0.25) is 0 Å². The number of nitrogens with zero attached hydrogens (tertiary/aromatic N) is 4. The molecule has 6 aliphatic rings. The molecule has 0 aromatic rings. The van der Waals surface area contributed by atoms with Gasteiger partial charge in [0, 0.05) is 39.8 Å². The quantitative estimate of drug-likeness (QED) is 0.0520. The standard InChI is InChI=1S/C55H70N4O7/c1-12-37-34(8)41-26-42-35(9)39(25-47(61)54(63)66-24-23-33(7)22-16-21-32(6)20-15-19-31(5)18-14-17-30(3)4)51(58-42)49-50(55(64)65-11)53(62)48-36(10)43(59-52(48)49)27-45-38(13-2)40(29-60)46(57-45)28-44(37)56-41/h12,23,26-32,35,39,47,50,61H,1,13-22,24-25H2,2-11H3/t31-,32-,35+,39+,47-,50-/m1/s1. The van der Waals surface area contributed by atoms with Crippen molar-refractivity contribution in [3.8, 4) is 0 Å². The number of carbonyl (C=O) groups is 4. The number of ether oxygens (including phenoxy) is 2. The largest absolute Gasteiger partial charge is 0.468 e. The Morgan fingerprint density at radius 2 is 1.50 bits per heavy atom. The van der Waals surface area contributed by atoms with Gasteiger partial charge >= 0.3 is 11.9 Å². The van der Waals surface area contributed by atoms with E-state index in [-0.39, 0.29) is 24.2 Å². The lowest BCUT2D eigenvalue weighted by Crippen LogP contribution is -2.30. The van der Waals surface area contributed by atoms with E-state index in [2.05, 4.69) is 34.3 Å². The van der Waals surface area contributed by atoms with E-state index in [0.29, 0.717) is 69.1 Å². The summed E-state index contributed by atoms with van der Waals surface area (Å²) in [6.07, 6.45) is 19.6. The molecule has 11 heteroatoms. The number of hydrogen-bond donors (Lipinski definition) is 1. The molecule has 1 saturated carbocycles. The van der Waals surface area contributed by atoms with Crippen molar-refractivity contribution in [1.82, 2.24) is 0 Å². The Morgan fingerprint density at radius 1 is 0.864 bits per heavy atom. The van der Waals surface area contributed by atoms with Gasteiger partial charge in [0.1, 0.15) is 12.5 Å². The van der Waals surface area contributed by atoms with E-state index in [1.54, 1.807) is 25.2 Å². The zero-order valence-corrected chi connectivity index (χ0v) is 40.9. The fourth-order valence-electron chi connectivity index (χ4n) is 10.0. The van der Waals surface area contributed by atoms with Crippen LogP contribution < -0.4 is 0 Å². The number of aldehydes is 1. The molecule has 0 spiro atoms. The molecule has 0 saturated heterocycles. The summed E-state index contributed by atoms with van der Waals surface area (Å²) in [6.45, 7) is 23.0. The zero-order valence-electron chi connectivity index (χ0n) is 40.9. The lowest BCUT2D eigenvalue weighted by molar-refractivity contribution is -0.153. The number of methoxy groups -OCH3 is 1. The van der Waals surface area contributed by atoms with Crippen LogP contribution in [0.4, 0.5) is 0 Å². The van der Waals surface area contributed by atoms with Crippen molar-refractivity contribution < 1.29 is 33.8 Å². The van der Waals surface area contributed by atoms with Gasteiger partial charge < -0.3 is 14.6 Å². The summed E-state index contributed by atoms with van der Waals surface area (Å²) in [5.74, 6) is -2.16. The summed E-state index contributed by atoms with van der Waals surface area (Å²) in [6, 6.07) is 0. The van der Waals surface area contributed by atoms with Gasteiger partial charge in [-0.25, -0.2) is 19.8 Å². The van der Waals surface area contributed by atoms with E-state index in [9.17, 15) is 24.3 Å². The van der Waals surface area contributed by atoms with Gasteiger partial charge in [-0.15, -0.1) is 0 Å². The van der Waals surface area contributed by atoms with Crippen LogP contribution in [0.15, 0.2) is 124 Å². The van der Waals surface area contributed by atoms with E-state index >= 15 is 0 Å². The fourth-order valence-corrected chi connectivity index (χ4v) is 10.0. The second-order valence-corrected chi connectivity index (χ2v) is 19.5. The van der Waals surface area contributed by atoms with Crippen molar-refractivity contribution >= 4 is 46.9 Å². The predicted molar refractivity (Wildman–Crippen MR) is 263 cm³/mol. The second-order valence-electron chi connectivity index (χ2n) is 19.5. The molecule has 0 amide bonds.